The van der Waals surface area contributed by atoms with Crippen molar-refractivity contribution in [2.75, 3.05) is 0 Å². The van der Waals surface area contributed by atoms with Crippen LogP contribution in [0.4, 0.5) is 0 Å². The van der Waals surface area contributed by atoms with Crippen LogP contribution in [-0.4, -0.2) is 11.2 Å². The Labute approximate surface area is 96.3 Å². The van der Waals surface area contributed by atoms with Crippen molar-refractivity contribution in [1.29, 1.82) is 0 Å². The van der Waals surface area contributed by atoms with E-state index in [1.165, 1.54) is 0 Å². The van der Waals surface area contributed by atoms with Gasteiger partial charge in [-0.15, -0.1) is 0 Å². The van der Waals surface area contributed by atoms with Crippen LogP contribution in [0.3, 0.4) is 0 Å². The zero-order valence-electron chi connectivity index (χ0n) is 11.7. The van der Waals surface area contributed by atoms with Gasteiger partial charge in [0.15, 0.2) is 0 Å². The van der Waals surface area contributed by atoms with Crippen LogP contribution in [0, 0.1) is 16.7 Å². The molecular weight excluding hydrogens is 184 g/mol. The minimum absolute atomic E-state index is 0.0880. The van der Waals surface area contributed by atoms with Crippen LogP contribution in [0.1, 0.15) is 67.7 Å². The molecule has 2 unspecified atom stereocenters. The maximum atomic E-state index is 10.4. The molecule has 2 atom stereocenters. The van der Waals surface area contributed by atoms with Crippen LogP contribution >= 0.6 is 0 Å². The van der Waals surface area contributed by atoms with Gasteiger partial charge in [-0.05, 0) is 36.0 Å². The molecule has 15 heavy (non-hydrogen) atoms. The van der Waals surface area contributed by atoms with Crippen LogP contribution in [0.5, 0.6) is 0 Å². The van der Waals surface area contributed by atoms with Crippen molar-refractivity contribution in [2.45, 2.75) is 73.8 Å². The van der Waals surface area contributed by atoms with Crippen molar-refractivity contribution >= 4 is 0 Å². The average molecular weight is 214 g/mol. The Morgan fingerprint density at radius 2 is 1.40 bits per heavy atom. The van der Waals surface area contributed by atoms with Gasteiger partial charge in [0.1, 0.15) is 0 Å². The first-order chi connectivity index (χ1) is 6.66. The van der Waals surface area contributed by atoms with Crippen LogP contribution in [0.25, 0.3) is 0 Å². The van der Waals surface area contributed by atoms with Gasteiger partial charge in [-0.25, -0.2) is 0 Å². The Morgan fingerprint density at radius 1 is 1.00 bits per heavy atom. The van der Waals surface area contributed by atoms with E-state index >= 15 is 0 Å². The Morgan fingerprint density at radius 3 is 1.67 bits per heavy atom. The van der Waals surface area contributed by atoms with E-state index in [9.17, 15) is 5.11 Å². The molecule has 0 radical (unpaired) electrons. The van der Waals surface area contributed by atoms with Crippen LogP contribution in [0.15, 0.2) is 0 Å². The van der Waals surface area contributed by atoms with E-state index in [2.05, 4.69) is 48.5 Å². The van der Waals surface area contributed by atoms with Crippen molar-refractivity contribution in [3.8, 4) is 0 Å². The average Bonchev–Trinajstić information content (AvgIpc) is 2.12. The van der Waals surface area contributed by atoms with Gasteiger partial charge in [-0.2, -0.15) is 0 Å². The smallest absolute Gasteiger partial charge is 0.0619 e. The summed E-state index contributed by atoms with van der Waals surface area (Å²) in [5, 5.41) is 10.4. The SMILES string of the molecule is CCC(C)(CC)C(O)C(C)CC(C)(C)C. The van der Waals surface area contributed by atoms with Gasteiger partial charge in [0, 0.05) is 0 Å². The van der Waals surface area contributed by atoms with Crippen LogP contribution in [-0.2, 0) is 0 Å². The summed E-state index contributed by atoms with van der Waals surface area (Å²) in [6, 6.07) is 0. The fourth-order valence-corrected chi connectivity index (χ4v) is 2.43. The molecule has 92 valence electrons. The second-order valence-electron chi connectivity index (χ2n) is 6.55. The molecule has 0 rings (SSSR count). The molecular formula is C14H30O. The highest BCUT2D eigenvalue weighted by atomic mass is 16.3. The first-order valence-corrected chi connectivity index (χ1v) is 6.34. The van der Waals surface area contributed by atoms with Gasteiger partial charge in [0.2, 0.25) is 0 Å². The molecule has 0 spiro atoms. The summed E-state index contributed by atoms with van der Waals surface area (Å²) in [5.74, 6) is 0.384. The third-order valence-corrected chi connectivity index (χ3v) is 3.80. The lowest BCUT2D eigenvalue weighted by atomic mass is 9.71. The van der Waals surface area contributed by atoms with Gasteiger partial charge in [-0.3, -0.25) is 0 Å². The monoisotopic (exact) mass is 214 g/mol. The fraction of sp³-hybridized carbons (Fsp3) is 1.00. The van der Waals surface area contributed by atoms with Crippen molar-refractivity contribution in [3.63, 3.8) is 0 Å². The first kappa shape index (κ1) is 15.0. The van der Waals surface area contributed by atoms with E-state index in [1.54, 1.807) is 0 Å². The summed E-state index contributed by atoms with van der Waals surface area (Å²) < 4.78 is 0. The maximum Gasteiger partial charge on any atom is 0.0619 e. The molecule has 1 heteroatoms. The topological polar surface area (TPSA) is 20.2 Å². The van der Waals surface area contributed by atoms with Gasteiger partial charge in [0.05, 0.1) is 6.10 Å². The normalized spacial score (nSPS) is 17.6. The predicted molar refractivity (Wildman–Crippen MR) is 67.9 cm³/mol. The first-order valence-electron chi connectivity index (χ1n) is 6.34. The van der Waals surface area contributed by atoms with E-state index < -0.39 is 0 Å². The van der Waals surface area contributed by atoms with E-state index in [1.807, 2.05) is 0 Å². The van der Waals surface area contributed by atoms with E-state index in [-0.39, 0.29) is 11.5 Å². The molecule has 0 aromatic heterocycles. The zero-order chi connectivity index (χ0) is 12.3. The number of hydrogen-bond donors (Lipinski definition) is 1. The summed E-state index contributed by atoms with van der Waals surface area (Å²) in [7, 11) is 0. The molecule has 0 saturated heterocycles. The molecule has 1 N–H and O–H groups in total. The lowest BCUT2D eigenvalue weighted by molar-refractivity contribution is -0.0203. The molecule has 0 aromatic rings. The highest BCUT2D eigenvalue weighted by Crippen LogP contribution is 2.37. The van der Waals surface area contributed by atoms with E-state index in [4.69, 9.17) is 0 Å². The zero-order valence-corrected chi connectivity index (χ0v) is 11.7. The number of aliphatic hydroxyl groups excluding tert-OH is 1. The standard InChI is InChI=1S/C14H30O/c1-8-14(7,9-2)12(15)11(3)10-13(4,5)6/h11-12,15H,8-10H2,1-7H3. The quantitative estimate of drug-likeness (QED) is 0.725. The summed E-state index contributed by atoms with van der Waals surface area (Å²) in [6.45, 7) is 15.5. The lowest BCUT2D eigenvalue weighted by Crippen LogP contribution is -2.37. The molecule has 0 aliphatic rings. The van der Waals surface area contributed by atoms with Crippen LogP contribution < -0.4 is 0 Å². The number of aliphatic hydroxyl groups is 1. The van der Waals surface area contributed by atoms with Crippen molar-refractivity contribution in [1.82, 2.24) is 0 Å². The fourth-order valence-electron chi connectivity index (χ4n) is 2.43. The third-order valence-electron chi connectivity index (χ3n) is 3.80. The van der Waals surface area contributed by atoms with Gasteiger partial charge in [0.25, 0.3) is 0 Å². The Bertz CT molecular complexity index is 174. The molecule has 0 fully saturated rings. The van der Waals surface area contributed by atoms with Crippen LogP contribution in [0.2, 0.25) is 0 Å². The predicted octanol–water partition coefficient (Wildman–Crippen LogP) is 4.25. The number of rotatable bonds is 5. The summed E-state index contributed by atoms with van der Waals surface area (Å²) in [4.78, 5) is 0. The summed E-state index contributed by atoms with van der Waals surface area (Å²) in [5.41, 5.74) is 0.396. The Balaban J connectivity index is 4.49. The summed E-state index contributed by atoms with van der Waals surface area (Å²) >= 11 is 0. The van der Waals surface area contributed by atoms with E-state index in [0.717, 1.165) is 19.3 Å². The molecule has 1 nitrogen and oxygen atoms in total. The molecule has 0 heterocycles. The van der Waals surface area contributed by atoms with Crippen molar-refractivity contribution in [3.05, 3.63) is 0 Å². The minimum atomic E-state index is -0.174. The Kier molecular flexibility index (Phi) is 5.32. The Hall–Kier alpha value is -0.0400. The van der Waals surface area contributed by atoms with E-state index in [0.29, 0.717) is 11.3 Å². The molecule has 0 aliphatic heterocycles. The molecule has 0 amide bonds. The van der Waals surface area contributed by atoms with Gasteiger partial charge in [-0.1, -0.05) is 48.5 Å². The highest BCUT2D eigenvalue weighted by molar-refractivity contribution is 4.85. The van der Waals surface area contributed by atoms with Crippen molar-refractivity contribution in [2.24, 2.45) is 16.7 Å². The maximum absolute atomic E-state index is 10.4. The second kappa shape index (κ2) is 5.34. The molecule has 0 saturated carbocycles. The molecule has 0 aromatic carbocycles. The largest absolute Gasteiger partial charge is 0.392 e. The number of hydrogen-bond acceptors (Lipinski definition) is 1. The van der Waals surface area contributed by atoms with Gasteiger partial charge >= 0.3 is 0 Å². The van der Waals surface area contributed by atoms with Gasteiger partial charge < -0.3 is 5.11 Å². The second-order valence-corrected chi connectivity index (χ2v) is 6.55. The molecule has 0 aliphatic carbocycles. The third kappa shape index (κ3) is 4.55. The molecule has 0 bridgehead atoms. The van der Waals surface area contributed by atoms with Crippen molar-refractivity contribution < 1.29 is 5.11 Å². The summed E-state index contributed by atoms with van der Waals surface area (Å²) in [6.07, 6.45) is 3.02. The minimum Gasteiger partial charge on any atom is -0.392 e. The lowest BCUT2D eigenvalue weighted by Gasteiger charge is -2.38. The highest BCUT2D eigenvalue weighted by Gasteiger charge is 2.34.